The van der Waals surface area contributed by atoms with E-state index in [0.29, 0.717) is 34.5 Å². The summed E-state index contributed by atoms with van der Waals surface area (Å²) in [6.07, 6.45) is 0.866. The van der Waals surface area contributed by atoms with Crippen LogP contribution in [-0.4, -0.2) is 17.6 Å². The Balaban J connectivity index is 1.79. The summed E-state index contributed by atoms with van der Waals surface area (Å²) in [5.41, 5.74) is 1.58. The lowest BCUT2D eigenvalue weighted by Gasteiger charge is -2.06. The Kier molecular flexibility index (Phi) is 5.04. The third kappa shape index (κ3) is 4.25. The Morgan fingerprint density at radius 2 is 2.15 bits per heavy atom. The van der Waals surface area contributed by atoms with Gasteiger partial charge in [-0.1, -0.05) is 34.4 Å². The smallest absolute Gasteiger partial charge is 0.226 e. The lowest BCUT2D eigenvalue weighted by atomic mass is 10.1. The van der Waals surface area contributed by atoms with E-state index in [4.69, 9.17) is 27.7 Å². The van der Waals surface area contributed by atoms with Crippen molar-refractivity contribution < 1.29 is 9.32 Å². The molecule has 0 atom stereocenters. The van der Waals surface area contributed by atoms with Crippen molar-refractivity contribution in [3.63, 3.8) is 0 Å². The Bertz CT molecular complexity index is 611. The maximum atomic E-state index is 11.7. The molecule has 1 aromatic carbocycles. The van der Waals surface area contributed by atoms with E-state index in [0.717, 1.165) is 5.56 Å². The van der Waals surface area contributed by atoms with Crippen LogP contribution in [0.15, 0.2) is 28.8 Å². The van der Waals surface area contributed by atoms with Gasteiger partial charge in [-0.15, -0.1) is 0 Å². The second kappa shape index (κ2) is 6.77. The van der Waals surface area contributed by atoms with Crippen molar-refractivity contribution in [1.29, 1.82) is 0 Å². The molecule has 0 aliphatic heterocycles. The van der Waals surface area contributed by atoms with E-state index in [1.807, 2.05) is 6.07 Å². The lowest BCUT2D eigenvalue weighted by Crippen LogP contribution is -2.27. The zero-order valence-corrected chi connectivity index (χ0v) is 12.5. The highest BCUT2D eigenvalue weighted by atomic mass is 35.5. The molecule has 0 unspecified atom stereocenters. The number of aromatic nitrogens is 1. The van der Waals surface area contributed by atoms with Crippen LogP contribution >= 0.6 is 23.2 Å². The van der Waals surface area contributed by atoms with E-state index in [1.54, 1.807) is 25.1 Å². The van der Waals surface area contributed by atoms with E-state index in [-0.39, 0.29) is 12.3 Å². The fourth-order valence-electron chi connectivity index (χ4n) is 1.79. The van der Waals surface area contributed by atoms with Crippen molar-refractivity contribution in [2.75, 3.05) is 6.54 Å². The highest BCUT2D eigenvalue weighted by Crippen LogP contribution is 2.21. The van der Waals surface area contributed by atoms with Gasteiger partial charge in [0.15, 0.2) is 0 Å². The highest BCUT2D eigenvalue weighted by molar-refractivity contribution is 6.35. The molecule has 0 bridgehead atoms. The number of hydrogen-bond donors (Lipinski definition) is 1. The van der Waals surface area contributed by atoms with Crippen LogP contribution in [0.1, 0.15) is 17.0 Å². The molecule has 0 saturated carbocycles. The number of rotatable bonds is 5. The van der Waals surface area contributed by atoms with Gasteiger partial charge in [0.1, 0.15) is 5.76 Å². The van der Waals surface area contributed by atoms with E-state index in [1.165, 1.54) is 0 Å². The van der Waals surface area contributed by atoms with Crippen LogP contribution in [0, 0.1) is 6.92 Å². The second-order valence-corrected chi connectivity index (χ2v) is 5.28. The Hall–Kier alpha value is -1.52. The number of nitrogens with one attached hydrogen (secondary N) is 1. The third-order valence-electron chi connectivity index (χ3n) is 2.75. The van der Waals surface area contributed by atoms with Gasteiger partial charge < -0.3 is 9.84 Å². The van der Waals surface area contributed by atoms with Crippen molar-refractivity contribution >= 4 is 29.1 Å². The zero-order valence-electron chi connectivity index (χ0n) is 11.0. The molecule has 0 saturated heterocycles. The van der Waals surface area contributed by atoms with E-state index < -0.39 is 0 Å². The molecule has 20 heavy (non-hydrogen) atoms. The molecule has 0 spiro atoms. The van der Waals surface area contributed by atoms with Gasteiger partial charge in [-0.05, 0) is 31.0 Å². The fourth-order valence-corrected chi connectivity index (χ4v) is 2.29. The molecule has 0 fully saturated rings. The van der Waals surface area contributed by atoms with Crippen molar-refractivity contribution in [1.82, 2.24) is 10.5 Å². The maximum absolute atomic E-state index is 11.7. The molecule has 2 aromatic rings. The monoisotopic (exact) mass is 312 g/mol. The molecule has 1 amide bonds. The van der Waals surface area contributed by atoms with E-state index in [2.05, 4.69) is 10.5 Å². The van der Waals surface area contributed by atoms with Crippen LogP contribution < -0.4 is 5.32 Å². The van der Waals surface area contributed by atoms with Crippen LogP contribution in [0.5, 0.6) is 0 Å². The lowest BCUT2D eigenvalue weighted by molar-refractivity contribution is -0.120. The number of carbonyl (C=O) groups excluding carboxylic acids is 1. The Morgan fingerprint density at radius 1 is 1.35 bits per heavy atom. The number of halogens is 2. The first kappa shape index (κ1) is 14.9. The summed E-state index contributed by atoms with van der Waals surface area (Å²) < 4.78 is 4.91. The predicted molar refractivity (Wildman–Crippen MR) is 78.1 cm³/mol. The van der Waals surface area contributed by atoms with Crippen molar-refractivity contribution in [2.45, 2.75) is 19.8 Å². The van der Waals surface area contributed by atoms with Crippen molar-refractivity contribution in [2.24, 2.45) is 0 Å². The molecule has 1 N–H and O–H groups in total. The minimum atomic E-state index is -0.0941. The molecule has 0 aliphatic carbocycles. The van der Waals surface area contributed by atoms with Gasteiger partial charge in [-0.3, -0.25) is 4.79 Å². The summed E-state index contributed by atoms with van der Waals surface area (Å²) in [5, 5.41) is 7.80. The molecular weight excluding hydrogens is 299 g/mol. The van der Waals surface area contributed by atoms with Crippen molar-refractivity contribution in [3.05, 3.63) is 51.3 Å². The first-order valence-corrected chi connectivity index (χ1v) is 6.93. The van der Waals surface area contributed by atoms with Gasteiger partial charge >= 0.3 is 0 Å². The number of hydrogen-bond acceptors (Lipinski definition) is 3. The number of benzene rings is 1. The van der Waals surface area contributed by atoms with Crippen LogP contribution in [0.4, 0.5) is 0 Å². The van der Waals surface area contributed by atoms with E-state index >= 15 is 0 Å². The van der Waals surface area contributed by atoms with Crippen LogP contribution in [-0.2, 0) is 17.6 Å². The van der Waals surface area contributed by atoms with Gasteiger partial charge in [0.2, 0.25) is 5.91 Å². The van der Waals surface area contributed by atoms with Gasteiger partial charge in [0.05, 0.1) is 12.1 Å². The summed E-state index contributed by atoms with van der Waals surface area (Å²) in [6.45, 7) is 2.30. The van der Waals surface area contributed by atoms with E-state index in [9.17, 15) is 4.79 Å². The highest BCUT2D eigenvalue weighted by Gasteiger charge is 2.07. The van der Waals surface area contributed by atoms with Gasteiger partial charge in [-0.25, -0.2) is 0 Å². The normalized spacial score (nSPS) is 10.6. The van der Waals surface area contributed by atoms with Crippen LogP contribution in [0.2, 0.25) is 10.0 Å². The molecule has 0 aliphatic rings. The summed E-state index contributed by atoms with van der Waals surface area (Å²) in [6, 6.07) is 7.08. The summed E-state index contributed by atoms with van der Waals surface area (Å²) in [5.74, 6) is 0.601. The maximum Gasteiger partial charge on any atom is 0.226 e. The quantitative estimate of drug-likeness (QED) is 0.922. The predicted octanol–water partition coefficient (Wildman–Crippen LogP) is 3.19. The molecule has 1 heterocycles. The first-order chi connectivity index (χ1) is 9.54. The Labute approximate surface area is 127 Å². The first-order valence-electron chi connectivity index (χ1n) is 6.17. The molecular formula is C14H14Cl2N2O2. The Morgan fingerprint density at radius 3 is 2.80 bits per heavy atom. The number of nitrogens with zero attached hydrogens (tertiary/aromatic N) is 1. The molecule has 0 radical (unpaired) electrons. The van der Waals surface area contributed by atoms with Gasteiger partial charge in [-0.2, -0.15) is 0 Å². The van der Waals surface area contributed by atoms with Gasteiger partial charge in [0.25, 0.3) is 0 Å². The SMILES string of the molecule is Cc1cc(CC(=O)NCCc2ccc(Cl)cc2Cl)no1. The summed E-state index contributed by atoms with van der Waals surface area (Å²) in [4.78, 5) is 11.7. The van der Waals surface area contributed by atoms with Crippen LogP contribution in [0.25, 0.3) is 0 Å². The van der Waals surface area contributed by atoms with Gasteiger partial charge in [0, 0.05) is 22.7 Å². The largest absolute Gasteiger partial charge is 0.361 e. The fraction of sp³-hybridized carbons (Fsp3) is 0.286. The summed E-state index contributed by atoms with van der Waals surface area (Å²) in [7, 11) is 0. The third-order valence-corrected chi connectivity index (χ3v) is 3.34. The average molecular weight is 313 g/mol. The van der Waals surface area contributed by atoms with Crippen molar-refractivity contribution in [3.8, 4) is 0 Å². The summed E-state index contributed by atoms with van der Waals surface area (Å²) >= 11 is 11.9. The standard InChI is InChI=1S/C14H14Cl2N2O2/c1-9-6-12(18-20-9)8-14(19)17-5-4-10-2-3-11(15)7-13(10)16/h2-3,6-7H,4-5,8H2,1H3,(H,17,19). The number of carbonyl (C=O) groups is 1. The minimum Gasteiger partial charge on any atom is -0.361 e. The molecule has 4 nitrogen and oxygen atoms in total. The van der Waals surface area contributed by atoms with Crippen LogP contribution in [0.3, 0.4) is 0 Å². The second-order valence-electron chi connectivity index (χ2n) is 4.44. The molecule has 6 heteroatoms. The minimum absolute atomic E-state index is 0.0941. The number of aryl methyl sites for hydroxylation is 1. The topological polar surface area (TPSA) is 55.1 Å². The zero-order chi connectivity index (χ0) is 14.5. The molecule has 2 rings (SSSR count). The molecule has 1 aromatic heterocycles. The average Bonchev–Trinajstić information content (AvgIpc) is 2.77. The number of amides is 1. The molecule has 106 valence electrons.